The summed E-state index contributed by atoms with van der Waals surface area (Å²) in [6.07, 6.45) is 3.49. The lowest BCUT2D eigenvalue weighted by Crippen LogP contribution is -2.28. The summed E-state index contributed by atoms with van der Waals surface area (Å²) < 4.78 is 2.00. The van der Waals surface area contributed by atoms with Gasteiger partial charge in [-0.3, -0.25) is 9.78 Å². The van der Waals surface area contributed by atoms with Crippen molar-refractivity contribution in [1.29, 1.82) is 0 Å². The van der Waals surface area contributed by atoms with Crippen molar-refractivity contribution in [3.8, 4) is 11.4 Å². The van der Waals surface area contributed by atoms with E-state index < -0.39 is 0 Å². The van der Waals surface area contributed by atoms with E-state index in [0.717, 1.165) is 28.7 Å². The highest BCUT2D eigenvalue weighted by molar-refractivity contribution is 7.99. The van der Waals surface area contributed by atoms with Crippen LogP contribution in [-0.2, 0) is 11.3 Å². The van der Waals surface area contributed by atoms with Crippen LogP contribution < -0.4 is 5.32 Å². The van der Waals surface area contributed by atoms with Gasteiger partial charge >= 0.3 is 0 Å². The maximum atomic E-state index is 12.3. The van der Waals surface area contributed by atoms with E-state index in [2.05, 4.69) is 20.5 Å². The largest absolute Gasteiger partial charge is 0.349 e. The Morgan fingerprint density at radius 3 is 2.69 bits per heavy atom. The molecule has 3 rings (SSSR count). The zero-order chi connectivity index (χ0) is 18.4. The quantitative estimate of drug-likeness (QED) is 0.649. The summed E-state index contributed by atoms with van der Waals surface area (Å²) in [5.74, 6) is 1.03. The van der Waals surface area contributed by atoms with Crippen LogP contribution in [0.3, 0.4) is 0 Å². The van der Waals surface area contributed by atoms with Crippen LogP contribution >= 0.6 is 11.8 Å². The van der Waals surface area contributed by atoms with Crippen molar-refractivity contribution in [2.45, 2.75) is 31.6 Å². The van der Waals surface area contributed by atoms with Gasteiger partial charge in [0.1, 0.15) is 0 Å². The second kappa shape index (κ2) is 8.62. The van der Waals surface area contributed by atoms with Crippen molar-refractivity contribution in [3.05, 3.63) is 60.4 Å². The topological polar surface area (TPSA) is 72.7 Å². The number of carbonyl (C=O) groups excluding carboxylic acids is 1. The molecule has 2 heterocycles. The summed E-state index contributed by atoms with van der Waals surface area (Å²) in [5.41, 5.74) is 2.00. The Morgan fingerprint density at radius 1 is 1.19 bits per heavy atom. The van der Waals surface area contributed by atoms with Crippen LogP contribution in [0.1, 0.15) is 25.5 Å². The van der Waals surface area contributed by atoms with Gasteiger partial charge in [-0.25, -0.2) is 0 Å². The molecule has 0 spiro atoms. The molecule has 0 saturated heterocycles. The maximum absolute atomic E-state index is 12.3. The van der Waals surface area contributed by atoms with E-state index in [1.807, 2.05) is 60.9 Å². The Morgan fingerprint density at radius 2 is 2.00 bits per heavy atom. The van der Waals surface area contributed by atoms with Crippen molar-refractivity contribution in [3.63, 3.8) is 0 Å². The van der Waals surface area contributed by atoms with E-state index in [0.29, 0.717) is 5.75 Å². The van der Waals surface area contributed by atoms with E-state index in [1.54, 1.807) is 12.4 Å². The van der Waals surface area contributed by atoms with Gasteiger partial charge < -0.3 is 9.88 Å². The highest BCUT2D eigenvalue weighted by Crippen LogP contribution is 2.23. The number of amides is 1. The predicted octanol–water partition coefficient (Wildman–Crippen LogP) is 3.33. The molecule has 134 valence electrons. The van der Waals surface area contributed by atoms with E-state index >= 15 is 0 Å². The van der Waals surface area contributed by atoms with Crippen LogP contribution in [0.2, 0.25) is 0 Å². The summed E-state index contributed by atoms with van der Waals surface area (Å²) in [7, 11) is 0. The van der Waals surface area contributed by atoms with Crippen molar-refractivity contribution in [2.24, 2.45) is 0 Å². The summed E-state index contributed by atoms with van der Waals surface area (Å²) in [6.45, 7) is 4.74. The molecule has 1 atom stereocenters. The van der Waals surface area contributed by atoms with Crippen LogP contribution in [-0.4, -0.2) is 31.4 Å². The minimum absolute atomic E-state index is 0.0278. The number of thioether (sulfide) groups is 1. The number of aromatic nitrogens is 4. The molecule has 0 fully saturated rings. The van der Waals surface area contributed by atoms with Gasteiger partial charge in [-0.15, -0.1) is 10.2 Å². The molecule has 1 aromatic carbocycles. The Balaban J connectivity index is 1.63. The van der Waals surface area contributed by atoms with Crippen LogP contribution in [0, 0.1) is 0 Å². The van der Waals surface area contributed by atoms with Crippen molar-refractivity contribution in [2.75, 3.05) is 5.75 Å². The molecular formula is C19H21N5OS. The van der Waals surface area contributed by atoms with E-state index in [-0.39, 0.29) is 11.9 Å². The number of rotatable bonds is 7. The van der Waals surface area contributed by atoms with Gasteiger partial charge in [0.2, 0.25) is 5.91 Å². The highest BCUT2D eigenvalue weighted by Gasteiger charge is 2.15. The number of hydrogen-bond acceptors (Lipinski definition) is 5. The summed E-state index contributed by atoms with van der Waals surface area (Å²) in [5, 5.41) is 12.3. The van der Waals surface area contributed by atoms with Crippen LogP contribution in [0.25, 0.3) is 11.4 Å². The van der Waals surface area contributed by atoms with E-state index in [1.165, 1.54) is 11.8 Å². The molecule has 0 aliphatic carbocycles. The molecule has 0 radical (unpaired) electrons. The Labute approximate surface area is 157 Å². The minimum Gasteiger partial charge on any atom is -0.349 e. The fourth-order valence-corrected chi connectivity index (χ4v) is 3.44. The van der Waals surface area contributed by atoms with E-state index in [4.69, 9.17) is 0 Å². The molecule has 7 heteroatoms. The highest BCUT2D eigenvalue weighted by atomic mass is 32.2. The summed E-state index contributed by atoms with van der Waals surface area (Å²) in [6, 6.07) is 13.7. The number of pyridine rings is 1. The average Bonchev–Trinajstić information content (AvgIpc) is 3.10. The van der Waals surface area contributed by atoms with Gasteiger partial charge in [0.25, 0.3) is 0 Å². The number of hydrogen-bond donors (Lipinski definition) is 1. The molecule has 6 nitrogen and oxygen atoms in total. The van der Waals surface area contributed by atoms with Crippen molar-refractivity contribution in [1.82, 2.24) is 25.1 Å². The second-order valence-corrected chi connectivity index (χ2v) is 6.72. The van der Waals surface area contributed by atoms with Crippen LogP contribution in [0.5, 0.6) is 0 Å². The van der Waals surface area contributed by atoms with Gasteiger partial charge in [-0.05, 0) is 31.5 Å². The number of benzene rings is 1. The minimum atomic E-state index is -0.0284. The van der Waals surface area contributed by atoms with Crippen LogP contribution in [0.4, 0.5) is 0 Å². The fraction of sp³-hybridized carbons (Fsp3) is 0.263. The van der Waals surface area contributed by atoms with Gasteiger partial charge in [-0.1, -0.05) is 42.1 Å². The first-order valence-electron chi connectivity index (χ1n) is 8.49. The molecule has 2 aromatic heterocycles. The molecule has 1 unspecified atom stereocenters. The lowest BCUT2D eigenvalue weighted by atomic mass is 10.1. The summed E-state index contributed by atoms with van der Waals surface area (Å²) >= 11 is 1.39. The smallest absolute Gasteiger partial charge is 0.230 e. The standard InChI is InChI=1S/C19H21N5OS/c1-3-24-18(16-10-7-11-20-12-16)22-23-19(24)26-13-17(25)21-14(2)15-8-5-4-6-9-15/h4-12,14H,3,13H2,1-2H3,(H,21,25). The normalized spacial score (nSPS) is 11.9. The molecule has 0 saturated carbocycles. The van der Waals surface area contributed by atoms with Gasteiger partial charge in [0.15, 0.2) is 11.0 Å². The molecule has 1 N–H and O–H groups in total. The molecular weight excluding hydrogens is 346 g/mol. The number of nitrogens with one attached hydrogen (secondary N) is 1. The SMILES string of the molecule is CCn1c(SCC(=O)NC(C)c2ccccc2)nnc1-c1cccnc1. The fourth-order valence-electron chi connectivity index (χ4n) is 2.63. The zero-order valence-electron chi connectivity index (χ0n) is 14.8. The Bertz CT molecular complexity index is 851. The van der Waals surface area contributed by atoms with E-state index in [9.17, 15) is 4.79 Å². The first-order valence-corrected chi connectivity index (χ1v) is 9.48. The average molecular weight is 367 g/mol. The Kier molecular flexibility index (Phi) is 6.01. The molecule has 1 amide bonds. The first kappa shape index (κ1) is 18.1. The Hall–Kier alpha value is -2.67. The lowest BCUT2D eigenvalue weighted by molar-refractivity contribution is -0.119. The number of nitrogens with zero attached hydrogens (tertiary/aromatic N) is 4. The van der Waals surface area contributed by atoms with Gasteiger partial charge in [-0.2, -0.15) is 0 Å². The predicted molar refractivity (Wildman–Crippen MR) is 103 cm³/mol. The molecule has 0 bridgehead atoms. The van der Waals surface area contributed by atoms with Gasteiger partial charge in [0.05, 0.1) is 11.8 Å². The lowest BCUT2D eigenvalue weighted by Gasteiger charge is -2.14. The third-order valence-corrected chi connectivity index (χ3v) is 4.93. The van der Waals surface area contributed by atoms with Crippen molar-refractivity contribution >= 4 is 17.7 Å². The molecule has 0 aliphatic rings. The molecule has 0 aliphatic heterocycles. The first-order chi connectivity index (χ1) is 12.7. The third-order valence-electron chi connectivity index (χ3n) is 3.96. The molecule has 26 heavy (non-hydrogen) atoms. The third kappa shape index (κ3) is 4.29. The second-order valence-electron chi connectivity index (χ2n) is 5.78. The van der Waals surface area contributed by atoms with Gasteiger partial charge in [0, 0.05) is 24.5 Å². The maximum Gasteiger partial charge on any atom is 0.230 e. The summed E-state index contributed by atoms with van der Waals surface area (Å²) in [4.78, 5) is 16.4. The number of carbonyl (C=O) groups is 1. The van der Waals surface area contributed by atoms with Crippen LogP contribution in [0.15, 0.2) is 60.0 Å². The zero-order valence-corrected chi connectivity index (χ0v) is 15.6. The molecule has 3 aromatic rings. The van der Waals surface area contributed by atoms with Crippen molar-refractivity contribution < 1.29 is 4.79 Å². The monoisotopic (exact) mass is 367 g/mol.